The molecule has 1 aromatic heterocycles. The summed E-state index contributed by atoms with van der Waals surface area (Å²) < 4.78 is 0. The van der Waals surface area contributed by atoms with Crippen molar-refractivity contribution in [1.29, 1.82) is 0 Å². The fourth-order valence-corrected chi connectivity index (χ4v) is 2.21. The van der Waals surface area contributed by atoms with E-state index in [1.54, 1.807) is 0 Å². The standard InChI is InChI=1S/C13H22N4/c1-3-16(4-2)12-6-5-7-13(15-12)17-10-8-14-9-11-17/h5-7,14H,3-4,8-11H2,1-2H3. The lowest BCUT2D eigenvalue weighted by Gasteiger charge is -2.29. The lowest BCUT2D eigenvalue weighted by molar-refractivity contribution is 0.585. The maximum Gasteiger partial charge on any atom is 0.131 e. The zero-order valence-corrected chi connectivity index (χ0v) is 10.8. The van der Waals surface area contributed by atoms with Crippen LogP contribution in [0.2, 0.25) is 0 Å². The van der Waals surface area contributed by atoms with Crippen LogP contribution in [0.3, 0.4) is 0 Å². The van der Waals surface area contributed by atoms with E-state index in [0.717, 1.165) is 50.9 Å². The van der Waals surface area contributed by atoms with Gasteiger partial charge in [0.15, 0.2) is 0 Å². The summed E-state index contributed by atoms with van der Waals surface area (Å²) in [5.74, 6) is 2.20. The van der Waals surface area contributed by atoms with Crippen LogP contribution in [-0.2, 0) is 0 Å². The molecular formula is C13H22N4. The van der Waals surface area contributed by atoms with Crippen LogP contribution >= 0.6 is 0 Å². The molecule has 0 unspecified atom stereocenters. The molecule has 0 amide bonds. The predicted molar refractivity (Wildman–Crippen MR) is 72.9 cm³/mol. The summed E-state index contributed by atoms with van der Waals surface area (Å²) >= 11 is 0. The van der Waals surface area contributed by atoms with Gasteiger partial charge >= 0.3 is 0 Å². The third-order valence-corrected chi connectivity index (χ3v) is 3.25. The molecule has 0 spiro atoms. The second-order valence-corrected chi connectivity index (χ2v) is 4.26. The molecule has 17 heavy (non-hydrogen) atoms. The zero-order valence-electron chi connectivity index (χ0n) is 10.8. The number of nitrogens with one attached hydrogen (secondary N) is 1. The van der Waals surface area contributed by atoms with Crippen molar-refractivity contribution < 1.29 is 0 Å². The summed E-state index contributed by atoms with van der Waals surface area (Å²) in [5.41, 5.74) is 0. The quantitative estimate of drug-likeness (QED) is 0.852. The summed E-state index contributed by atoms with van der Waals surface area (Å²) in [6.45, 7) is 10.6. The van der Waals surface area contributed by atoms with E-state index in [-0.39, 0.29) is 0 Å². The van der Waals surface area contributed by atoms with Gasteiger partial charge in [0.05, 0.1) is 0 Å². The highest BCUT2D eigenvalue weighted by molar-refractivity contribution is 5.48. The Labute approximate surface area is 104 Å². The van der Waals surface area contributed by atoms with E-state index in [2.05, 4.69) is 47.2 Å². The summed E-state index contributed by atoms with van der Waals surface area (Å²) in [7, 11) is 0. The van der Waals surface area contributed by atoms with Crippen molar-refractivity contribution in [3.05, 3.63) is 18.2 Å². The van der Waals surface area contributed by atoms with Gasteiger partial charge in [-0.15, -0.1) is 0 Å². The summed E-state index contributed by atoms with van der Waals surface area (Å²) in [4.78, 5) is 9.40. The first-order valence-corrected chi connectivity index (χ1v) is 6.52. The van der Waals surface area contributed by atoms with E-state index < -0.39 is 0 Å². The van der Waals surface area contributed by atoms with E-state index in [1.807, 2.05) is 0 Å². The van der Waals surface area contributed by atoms with E-state index in [0.29, 0.717) is 0 Å². The van der Waals surface area contributed by atoms with Crippen LogP contribution < -0.4 is 15.1 Å². The van der Waals surface area contributed by atoms with Gasteiger partial charge in [0, 0.05) is 39.3 Å². The number of anilines is 2. The monoisotopic (exact) mass is 234 g/mol. The van der Waals surface area contributed by atoms with Crippen LogP contribution in [0.15, 0.2) is 18.2 Å². The number of piperazine rings is 1. The topological polar surface area (TPSA) is 31.4 Å². The van der Waals surface area contributed by atoms with Crippen molar-refractivity contribution in [2.24, 2.45) is 0 Å². The van der Waals surface area contributed by atoms with Gasteiger partial charge in [0.25, 0.3) is 0 Å². The maximum absolute atomic E-state index is 4.76. The highest BCUT2D eigenvalue weighted by Crippen LogP contribution is 2.17. The molecule has 4 heteroatoms. The third kappa shape index (κ3) is 2.88. The van der Waals surface area contributed by atoms with Crippen molar-refractivity contribution in [2.45, 2.75) is 13.8 Å². The zero-order chi connectivity index (χ0) is 12.1. The molecule has 94 valence electrons. The third-order valence-electron chi connectivity index (χ3n) is 3.25. The van der Waals surface area contributed by atoms with Gasteiger partial charge in [0.2, 0.25) is 0 Å². The second kappa shape index (κ2) is 5.87. The number of hydrogen-bond donors (Lipinski definition) is 1. The molecule has 4 nitrogen and oxygen atoms in total. The number of rotatable bonds is 4. The van der Waals surface area contributed by atoms with Crippen LogP contribution in [0.5, 0.6) is 0 Å². The van der Waals surface area contributed by atoms with Crippen LogP contribution in [0, 0.1) is 0 Å². The van der Waals surface area contributed by atoms with Crippen LogP contribution in [0.25, 0.3) is 0 Å². The Morgan fingerprint density at radius 2 is 1.94 bits per heavy atom. The summed E-state index contributed by atoms with van der Waals surface area (Å²) in [6.07, 6.45) is 0. The molecule has 2 rings (SSSR count). The molecule has 1 aliphatic rings. The van der Waals surface area contributed by atoms with E-state index in [1.165, 1.54) is 0 Å². The van der Waals surface area contributed by atoms with Crippen molar-refractivity contribution >= 4 is 11.6 Å². The van der Waals surface area contributed by atoms with Crippen molar-refractivity contribution in [1.82, 2.24) is 10.3 Å². The lowest BCUT2D eigenvalue weighted by Crippen LogP contribution is -2.44. The Balaban J connectivity index is 2.15. The molecule has 1 N–H and O–H groups in total. The van der Waals surface area contributed by atoms with Crippen LogP contribution in [0.4, 0.5) is 11.6 Å². The van der Waals surface area contributed by atoms with Gasteiger partial charge in [-0.25, -0.2) is 4.98 Å². The largest absolute Gasteiger partial charge is 0.357 e. The molecule has 2 heterocycles. The first kappa shape index (κ1) is 12.2. The molecule has 0 saturated carbocycles. The summed E-state index contributed by atoms with van der Waals surface area (Å²) in [5, 5.41) is 3.36. The fraction of sp³-hybridized carbons (Fsp3) is 0.615. The van der Waals surface area contributed by atoms with Crippen molar-refractivity contribution in [3.63, 3.8) is 0 Å². The Hall–Kier alpha value is -1.29. The van der Waals surface area contributed by atoms with Crippen molar-refractivity contribution in [3.8, 4) is 0 Å². The molecule has 0 aliphatic carbocycles. The minimum atomic E-state index is 1.01. The molecular weight excluding hydrogens is 212 g/mol. The van der Waals surface area contributed by atoms with Crippen molar-refractivity contribution in [2.75, 3.05) is 49.1 Å². The first-order valence-electron chi connectivity index (χ1n) is 6.52. The first-order chi connectivity index (χ1) is 8.35. The summed E-state index contributed by atoms with van der Waals surface area (Å²) in [6, 6.07) is 6.31. The predicted octanol–water partition coefficient (Wildman–Crippen LogP) is 1.34. The van der Waals surface area contributed by atoms with E-state index >= 15 is 0 Å². The van der Waals surface area contributed by atoms with Gasteiger partial charge in [-0.05, 0) is 26.0 Å². The van der Waals surface area contributed by atoms with Gasteiger partial charge < -0.3 is 15.1 Å². The molecule has 0 radical (unpaired) electrons. The molecule has 0 bridgehead atoms. The van der Waals surface area contributed by atoms with E-state index in [9.17, 15) is 0 Å². The molecule has 1 aromatic rings. The van der Waals surface area contributed by atoms with E-state index in [4.69, 9.17) is 4.98 Å². The molecule has 1 saturated heterocycles. The molecule has 0 atom stereocenters. The Kier molecular flexibility index (Phi) is 4.20. The van der Waals surface area contributed by atoms with Crippen LogP contribution in [0.1, 0.15) is 13.8 Å². The van der Waals surface area contributed by atoms with Gasteiger partial charge in [0.1, 0.15) is 11.6 Å². The maximum atomic E-state index is 4.76. The smallest absolute Gasteiger partial charge is 0.131 e. The minimum absolute atomic E-state index is 1.01. The number of aromatic nitrogens is 1. The number of nitrogens with zero attached hydrogens (tertiary/aromatic N) is 3. The molecule has 1 fully saturated rings. The van der Waals surface area contributed by atoms with Gasteiger partial charge in [-0.3, -0.25) is 0 Å². The highest BCUT2D eigenvalue weighted by Gasteiger charge is 2.12. The fourth-order valence-electron chi connectivity index (χ4n) is 2.21. The Morgan fingerprint density at radius 1 is 1.24 bits per heavy atom. The highest BCUT2D eigenvalue weighted by atomic mass is 15.3. The lowest BCUT2D eigenvalue weighted by atomic mass is 10.3. The van der Waals surface area contributed by atoms with Crippen LogP contribution in [-0.4, -0.2) is 44.3 Å². The molecule has 1 aliphatic heterocycles. The second-order valence-electron chi connectivity index (χ2n) is 4.26. The van der Waals surface area contributed by atoms with Gasteiger partial charge in [-0.1, -0.05) is 6.07 Å². The minimum Gasteiger partial charge on any atom is -0.357 e. The SMILES string of the molecule is CCN(CC)c1cccc(N2CCNCC2)n1. The number of hydrogen-bond acceptors (Lipinski definition) is 4. The van der Waals surface area contributed by atoms with Gasteiger partial charge in [-0.2, -0.15) is 0 Å². The Morgan fingerprint density at radius 3 is 2.59 bits per heavy atom. The normalized spacial score (nSPS) is 16.0. The number of pyridine rings is 1. The Bertz CT molecular complexity index is 343. The average Bonchev–Trinajstić information content (AvgIpc) is 2.42. The molecule has 0 aromatic carbocycles. The average molecular weight is 234 g/mol.